The summed E-state index contributed by atoms with van der Waals surface area (Å²) in [5, 5.41) is 0. The van der Waals surface area contributed by atoms with Gasteiger partial charge in [-0.05, 0) is 39.4 Å². The monoisotopic (exact) mass is 259 g/mol. The van der Waals surface area contributed by atoms with E-state index in [0.29, 0.717) is 5.78 Å². The SMILES string of the molecule is CN(C)C(C)(C(=O)C1CCCCC1)c1ccccc1. The highest BCUT2D eigenvalue weighted by atomic mass is 16.1. The van der Waals surface area contributed by atoms with Crippen LogP contribution in [0.5, 0.6) is 0 Å². The number of benzene rings is 1. The van der Waals surface area contributed by atoms with Gasteiger partial charge in [-0.25, -0.2) is 0 Å². The number of nitrogens with zero attached hydrogens (tertiary/aromatic N) is 1. The number of carbonyl (C=O) groups is 1. The molecule has 1 fully saturated rings. The smallest absolute Gasteiger partial charge is 0.160 e. The summed E-state index contributed by atoms with van der Waals surface area (Å²) in [6.45, 7) is 2.07. The first-order chi connectivity index (χ1) is 9.06. The van der Waals surface area contributed by atoms with Crippen molar-refractivity contribution in [3.8, 4) is 0 Å². The van der Waals surface area contributed by atoms with Crippen LogP contribution in [-0.4, -0.2) is 24.8 Å². The van der Waals surface area contributed by atoms with E-state index in [0.717, 1.165) is 18.4 Å². The fourth-order valence-corrected chi connectivity index (χ4v) is 3.15. The molecule has 104 valence electrons. The molecular formula is C17H25NO. The van der Waals surface area contributed by atoms with Crippen LogP contribution >= 0.6 is 0 Å². The minimum atomic E-state index is -0.497. The summed E-state index contributed by atoms with van der Waals surface area (Å²) in [6, 6.07) is 10.2. The number of Topliss-reactive ketones (excluding diaryl/α,β-unsaturated/α-hetero) is 1. The molecule has 1 aliphatic carbocycles. The third kappa shape index (κ3) is 2.74. The van der Waals surface area contributed by atoms with Crippen LogP contribution < -0.4 is 0 Å². The number of rotatable bonds is 4. The first-order valence-electron chi connectivity index (χ1n) is 7.34. The molecule has 0 heterocycles. The van der Waals surface area contributed by atoms with Gasteiger partial charge in [0, 0.05) is 5.92 Å². The number of carbonyl (C=O) groups excluding carboxylic acids is 1. The molecule has 0 aromatic heterocycles. The summed E-state index contributed by atoms with van der Waals surface area (Å²) in [5.74, 6) is 0.629. The average molecular weight is 259 g/mol. The predicted octanol–water partition coefficient (Wildman–Crippen LogP) is 3.61. The zero-order valence-corrected chi connectivity index (χ0v) is 12.4. The molecule has 2 rings (SSSR count). The van der Waals surface area contributed by atoms with Crippen molar-refractivity contribution >= 4 is 5.78 Å². The maximum atomic E-state index is 13.0. The van der Waals surface area contributed by atoms with E-state index in [2.05, 4.69) is 24.0 Å². The molecule has 1 aromatic rings. The van der Waals surface area contributed by atoms with Crippen LogP contribution in [0.3, 0.4) is 0 Å². The summed E-state index contributed by atoms with van der Waals surface area (Å²) in [7, 11) is 4.02. The highest BCUT2D eigenvalue weighted by molar-refractivity contribution is 5.91. The van der Waals surface area contributed by atoms with Crippen molar-refractivity contribution in [2.45, 2.75) is 44.6 Å². The number of hydrogen-bond donors (Lipinski definition) is 0. The van der Waals surface area contributed by atoms with E-state index in [1.165, 1.54) is 19.3 Å². The standard InChI is InChI=1S/C17H25NO/c1-17(18(2)3,15-12-8-5-9-13-15)16(19)14-10-6-4-7-11-14/h5,8-9,12-14H,4,6-7,10-11H2,1-3H3. The van der Waals surface area contributed by atoms with Crippen molar-refractivity contribution in [3.05, 3.63) is 35.9 Å². The maximum absolute atomic E-state index is 13.0. The van der Waals surface area contributed by atoms with Gasteiger partial charge in [-0.1, -0.05) is 49.6 Å². The summed E-state index contributed by atoms with van der Waals surface area (Å²) in [5.41, 5.74) is 0.610. The molecule has 2 heteroatoms. The highest BCUT2D eigenvalue weighted by Crippen LogP contribution is 2.35. The molecule has 1 atom stereocenters. The van der Waals surface area contributed by atoms with Crippen molar-refractivity contribution in [1.29, 1.82) is 0 Å². The van der Waals surface area contributed by atoms with Crippen molar-refractivity contribution in [2.24, 2.45) is 5.92 Å². The Morgan fingerprint density at radius 2 is 1.68 bits per heavy atom. The second-order valence-electron chi connectivity index (χ2n) is 6.03. The Kier molecular flexibility index (Phi) is 4.41. The van der Waals surface area contributed by atoms with Gasteiger partial charge in [0.15, 0.2) is 5.78 Å². The van der Waals surface area contributed by atoms with Gasteiger partial charge in [-0.3, -0.25) is 9.69 Å². The third-order valence-electron chi connectivity index (χ3n) is 4.69. The maximum Gasteiger partial charge on any atom is 0.160 e. The molecule has 1 saturated carbocycles. The van der Waals surface area contributed by atoms with Gasteiger partial charge < -0.3 is 0 Å². The van der Waals surface area contributed by atoms with Crippen molar-refractivity contribution in [2.75, 3.05) is 14.1 Å². The average Bonchev–Trinajstić information content (AvgIpc) is 2.47. The van der Waals surface area contributed by atoms with Gasteiger partial charge in [0.1, 0.15) is 5.54 Å². The summed E-state index contributed by atoms with van der Waals surface area (Å²) in [4.78, 5) is 15.1. The lowest BCUT2D eigenvalue weighted by Crippen LogP contribution is -2.48. The molecule has 0 N–H and O–H groups in total. The lowest BCUT2D eigenvalue weighted by Gasteiger charge is -2.39. The second-order valence-corrected chi connectivity index (χ2v) is 6.03. The first kappa shape index (κ1) is 14.3. The van der Waals surface area contributed by atoms with Crippen molar-refractivity contribution < 1.29 is 4.79 Å². The van der Waals surface area contributed by atoms with Gasteiger partial charge in [-0.15, -0.1) is 0 Å². The fraction of sp³-hybridized carbons (Fsp3) is 0.588. The Balaban J connectivity index is 2.31. The van der Waals surface area contributed by atoms with E-state index >= 15 is 0 Å². The molecule has 0 bridgehead atoms. The van der Waals surface area contributed by atoms with E-state index in [4.69, 9.17) is 0 Å². The lowest BCUT2D eigenvalue weighted by molar-refractivity contribution is -0.134. The minimum Gasteiger partial charge on any atom is -0.297 e. The molecule has 0 aliphatic heterocycles. The molecule has 19 heavy (non-hydrogen) atoms. The Bertz CT molecular complexity index is 420. The van der Waals surface area contributed by atoms with Crippen LogP contribution in [0.15, 0.2) is 30.3 Å². The van der Waals surface area contributed by atoms with Crippen molar-refractivity contribution in [1.82, 2.24) is 4.90 Å². The largest absolute Gasteiger partial charge is 0.297 e. The van der Waals surface area contributed by atoms with Crippen LogP contribution in [0.4, 0.5) is 0 Å². The summed E-state index contributed by atoms with van der Waals surface area (Å²) in [6.07, 6.45) is 5.82. The molecule has 2 nitrogen and oxygen atoms in total. The zero-order valence-electron chi connectivity index (χ0n) is 12.4. The summed E-state index contributed by atoms with van der Waals surface area (Å²) < 4.78 is 0. The number of likely N-dealkylation sites (N-methyl/N-ethyl adjacent to an activating group) is 1. The molecule has 1 unspecified atom stereocenters. The van der Waals surface area contributed by atoms with Crippen LogP contribution in [0.1, 0.15) is 44.6 Å². The van der Waals surface area contributed by atoms with E-state index < -0.39 is 5.54 Å². The predicted molar refractivity (Wildman–Crippen MR) is 79.1 cm³/mol. The number of ketones is 1. The molecule has 0 saturated heterocycles. The van der Waals surface area contributed by atoms with Gasteiger partial charge in [0.2, 0.25) is 0 Å². The van der Waals surface area contributed by atoms with Gasteiger partial charge in [0.05, 0.1) is 0 Å². The molecule has 0 amide bonds. The molecule has 0 spiro atoms. The lowest BCUT2D eigenvalue weighted by atomic mass is 9.75. The van der Waals surface area contributed by atoms with E-state index in [9.17, 15) is 4.79 Å². The molecule has 1 aliphatic rings. The Hall–Kier alpha value is -1.15. The van der Waals surface area contributed by atoms with Crippen molar-refractivity contribution in [3.63, 3.8) is 0 Å². The Labute approximate surface area is 116 Å². The highest BCUT2D eigenvalue weighted by Gasteiger charge is 2.41. The molecular weight excluding hydrogens is 234 g/mol. The van der Waals surface area contributed by atoms with Gasteiger partial charge in [-0.2, -0.15) is 0 Å². The van der Waals surface area contributed by atoms with E-state index in [1.54, 1.807) is 0 Å². The molecule has 0 radical (unpaired) electrons. The van der Waals surface area contributed by atoms with Crippen LogP contribution in [0, 0.1) is 5.92 Å². The van der Waals surface area contributed by atoms with Crippen LogP contribution in [-0.2, 0) is 10.3 Å². The van der Waals surface area contributed by atoms with Crippen LogP contribution in [0.2, 0.25) is 0 Å². The Morgan fingerprint density at radius 3 is 2.21 bits per heavy atom. The van der Waals surface area contributed by atoms with Gasteiger partial charge >= 0.3 is 0 Å². The third-order valence-corrected chi connectivity index (χ3v) is 4.69. The minimum absolute atomic E-state index is 0.237. The zero-order chi connectivity index (χ0) is 13.9. The second kappa shape index (κ2) is 5.87. The van der Waals surface area contributed by atoms with E-state index in [-0.39, 0.29) is 5.92 Å². The first-order valence-corrected chi connectivity index (χ1v) is 7.34. The van der Waals surface area contributed by atoms with Gasteiger partial charge in [0.25, 0.3) is 0 Å². The Morgan fingerprint density at radius 1 is 1.11 bits per heavy atom. The quantitative estimate of drug-likeness (QED) is 0.823. The topological polar surface area (TPSA) is 20.3 Å². The van der Waals surface area contributed by atoms with Crippen LogP contribution in [0.25, 0.3) is 0 Å². The number of hydrogen-bond acceptors (Lipinski definition) is 2. The normalized spacial score (nSPS) is 20.2. The van der Waals surface area contributed by atoms with E-state index in [1.807, 2.05) is 32.3 Å². The summed E-state index contributed by atoms with van der Waals surface area (Å²) >= 11 is 0. The fourth-order valence-electron chi connectivity index (χ4n) is 3.15. The molecule has 1 aromatic carbocycles.